The molecule has 0 aliphatic carbocycles. The number of anilines is 1. The van der Waals surface area contributed by atoms with E-state index in [4.69, 9.17) is 23.1 Å². The Bertz CT molecular complexity index is 533. The molecular weight excluding hydrogens is 266 g/mol. The Morgan fingerprint density at radius 2 is 2.06 bits per heavy atom. The van der Waals surface area contributed by atoms with Crippen molar-refractivity contribution in [3.8, 4) is 0 Å². The van der Waals surface area contributed by atoms with Crippen molar-refractivity contribution < 1.29 is 0 Å². The Balaban J connectivity index is 2.03. The van der Waals surface area contributed by atoms with Gasteiger partial charge in [-0.05, 0) is 18.2 Å². The Hall–Kier alpha value is -1.23. The standard InChI is InChI=1S/C13H14ClN3S/c14-10-3-1-2-4-13(10)18-8-12(16)9-7-17-6-5-11(9)15/h1-7,12H,8,16H2,(H2,15,17). The molecular formula is C13H14ClN3S. The fourth-order valence-electron chi connectivity index (χ4n) is 1.56. The van der Waals surface area contributed by atoms with Crippen LogP contribution in [-0.2, 0) is 0 Å². The first-order valence-corrected chi connectivity index (χ1v) is 6.87. The molecule has 2 rings (SSSR count). The Morgan fingerprint density at radius 1 is 1.28 bits per heavy atom. The highest BCUT2D eigenvalue weighted by atomic mass is 35.5. The minimum atomic E-state index is -0.153. The number of benzene rings is 1. The summed E-state index contributed by atoms with van der Waals surface area (Å²) in [5.74, 6) is 0.708. The lowest BCUT2D eigenvalue weighted by Gasteiger charge is -2.13. The smallest absolute Gasteiger partial charge is 0.0541 e. The monoisotopic (exact) mass is 279 g/mol. The summed E-state index contributed by atoms with van der Waals surface area (Å²) in [6.45, 7) is 0. The molecule has 3 nitrogen and oxygen atoms in total. The number of nitrogens with two attached hydrogens (primary N) is 2. The van der Waals surface area contributed by atoms with Crippen LogP contribution < -0.4 is 11.5 Å². The third kappa shape index (κ3) is 3.16. The van der Waals surface area contributed by atoms with Gasteiger partial charge < -0.3 is 11.5 Å². The normalized spacial score (nSPS) is 12.3. The highest BCUT2D eigenvalue weighted by Crippen LogP contribution is 2.30. The fraction of sp³-hybridized carbons (Fsp3) is 0.154. The van der Waals surface area contributed by atoms with Gasteiger partial charge in [0.15, 0.2) is 0 Å². The summed E-state index contributed by atoms with van der Waals surface area (Å²) >= 11 is 7.70. The van der Waals surface area contributed by atoms with Gasteiger partial charge in [-0.25, -0.2) is 0 Å². The quantitative estimate of drug-likeness (QED) is 0.844. The second kappa shape index (κ2) is 6.09. The zero-order valence-electron chi connectivity index (χ0n) is 9.71. The van der Waals surface area contributed by atoms with Crippen molar-refractivity contribution in [1.82, 2.24) is 4.98 Å². The molecule has 4 N–H and O–H groups in total. The molecule has 0 saturated carbocycles. The molecule has 0 spiro atoms. The topological polar surface area (TPSA) is 64.9 Å². The molecule has 1 atom stereocenters. The van der Waals surface area contributed by atoms with Crippen LogP contribution in [0.2, 0.25) is 5.02 Å². The van der Waals surface area contributed by atoms with Crippen LogP contribution in [0.4, 0.5) is 5.69 Å². The summed E-state index contributed by atoms with van der Waals surface area (Å²) in [6.07, 6.45) is 3.37. The van der Waals surface area contributed by atoms with Gasteiger partial charge >= 0.3 is 0 Å². The summed E-state index contributed by atoms with van der Waals surface area (Å²) in [6, 6.07) is 9.32. The summed E-state index contributed by atoms with van der Waals surface area (Å²) in [4.78, 5) is 5.07. The van der Waals surface area contributed by atoms with Gasteiger partial charge in [-0.2, -0.15) is 0 Å². The van der Waals surface area contributed by atoms with Crippen LogP contribution in [0.5, 0.6) is 0 Å². The largest absolute Gasteiger partial charge is 0.398 e. The number of rotatable bonds is 4. The third-order valence-electron chi connectivity index (χ3n) is 2.54. The highest BCUT2D eigenvalue weighted by Gasteiger charge is 2.11. The maximum Gasteiger partial charge on any atom is 0.0541 e. The van der Waals surface area contributed by atoms with Gasteiger partial charge in [-0.1, -0.05) is 23.7 Å². The van der Waals surface area contributed by atoms with E-state index in [1.165, 1.54) is 0 Å². The van der Waals surface area contributed by atoms with Gasteiger partial charge in [0.1, 0.15) is 0 Å². The minimum absolute atomic E-state index is 0.153. The van der Waals surface area contributed by atoms with E-state index in [1.807, 2.05) is 24.3 Å². The van der Waals surface area contributed by atoms with Crippen LogP contribution >= 0.6 is 23.4 Å². The molecule has 2 aromatic rings. The van der Waals surface area contributed by atoms with Crippen molar-refractivity contribution in [3.05, 3.63) is 53.3 Å². The number of hydrogen-bond donors (Lipinski definition) is 2. The molecule has 5 heteroatoms. The zero-order valence-corrected chi connectivity index (χ0v) is 11.3. The molecule has 1 unspecified atom stereocenters. The predicted molar refractivity (Wildman–Crippen MR) is 77.8 cm³/mol. The van der Waals surface area contributed by atoms with E-state index in [0.717, 1.165) is 15.5 Å². The van der Waals surface area contributed by atoms with E-state index in [9.17, 15) is 0 Å². The van der Waals surface area contributed by atoms with E-state index in [-0.39, 0.29) is 6.04 Å². The van der Waals surface area contributed by atoms with Crippen molar-refractivity contribution in [2.45, 2.75) is 10.9 Å². The molecule has 0 amide bonds. The fourth-order valence-corrected chi connectivity index (χ4v) is 2.78. The number of halogens is 1. The van der Waals surface area contributed by atoms with Crippen molar-refractivity contribution in [3.63, 3.8) is 0 Å². The first-order valence-electron chi connectivity index (χ1n) is 5.51. The number of thioether (sulfide) groups is 1. The number of pyridine rings is 1. The lowest BCUT2D eigenvalue weighted by atomic mass is 10.1. The van der Waals surface area contributed by atoms with Crippen LogP contribution in [0.15, 0.2) is 47.6 Å². The second-order valence-corrected chi connectivity index (χ2v) is 5.32. The first kappa shape index (κ1) is 13.2. The average Bonchev–Trinajstić information content (AvgIpc) is 2.38. The van der Waals surface area contributed by atoms with E-state index in [0.29, 0.717) is 11.4 Å². The summed E-state index contributed by atoms with van der Waals surface area (Å²) < 4.78 is 0. The maximum absolute atomic E-state index is 6.11. The van der Waals surface area contributed by atoms with Crippen molar-refractivity contribution in [2.24, 2.45) is 5.73 Å². The number of nitrogen functional groups attached to an aromatic ring is 1. The Morgan fingerprint density at radius 3 is 2.78 bits per heavy atom. The SMILES string of the molecule is Nc1ccncc1C(N)CSc1ccccc1Cl. The van der Waals surface area contributed by atoms with E-state index in [1.54, 1.807) is 30.2 Å². The zero-order chi connectivity index (χ0) is 13.0. The predicted octanol–water partition coefficient (Wildman–Crippen LogP) is 3.11. The van der Waals surface area contributed by atoms with Crippen LogP contribution in [0.1, 0.15) is 11.6 Å². The molecule has 1 aromatic heterocycles. The Kier molecular flexibility index (Phi) is 4.47. The molecule has 94 valence electrons. The van der Waals surface area contributed by atoms with Gasteiger partial charge in [0.05, 0.1) is 5.02 Å². The number of nitrogens with zero attached hydrogens (tertiary/aromatic N) is 1. The molecule has 1 heterocycles. The third-order valence-corrected chi connectivity index (χ3v) is 4.18. The van der Waals surface area contributed by atoms with Crippen LogP contribution in [0.3, 0.4) is 0 Å². The average molecular weight is 280 g/mol. The summed E-state index contributed by atoms with van der Waals surface area (Å²) in [5.41, 5.74) is 13.5. The lowest BCUT2D eigenvalue weighted by Crippen LogP contribution is -2.15. The molecule has 0 aliphatic rings. The van der Waals surface area contributed by atoms with E-state index in [2.05, 4.69) is 4.98 Å². The van der Waals surface area contributed by atoms with Crippen molar-refractivity contribution >= 4 is 29.1 Å². The maximum atomic E-state index is 6.11. The molecule has 0 aliphatic heterocycles. The van der Waals surface area contributed by atoms with E-state index < -0.39 is 0 Å². The molecule has 0 fully saturated rings. The summed E-state index contributed by atoms with van der Waals surface area (Å²) in [5, 5.41) is 0.744. The van der Waals surface area contributed by atoms with Crippen LogP contribution in [0, 0.1) is 0 Å². The molecule has 0 radical (unpaired) electrons. The molecule has 0 bridgehead atoms. The number of aromatic nitrogens is 1. The molecule has 18 heavy (non-hydrogen) atoms. The minimum Gasteiger partial charge on any atom is -0.398 e. The lowest BCUT2D eigenvalue weighted by molar-refractivity contribution is 0.827. The second-order valence-electron chi connectivity index (χ2n) is 3.85. The van der Waals surface area contributed by atoms with Gasteiger partial charge in [-0.15, -0.1) is 11.8 Å². The molecule has 0 saturated heterocycles. The first-order chi connectivity index (χ1) is 8.68. The van der Waals surface area contributed by atoms with Gasteiger partial charge in [-0.3, -0.25) is 4.98 Å². The number of hydrogen-bond acceptors (Lipinski definition) is 4. The Labute approximate surface area is 116 Å². The molecule has 1 aromatic carbocycles. The van der Waals surface area contributed by atoms with Gasteiger partial charge in [0.2, 0.25) is 0 Å². The van der Waals surface area contributed by atoms with Crippen molar-refractivity contribution in [1.29, 1.82) is 0 Å². The van der Waals surface area contributed by atoms with Crippen LogP contribution in [-0.4, -0.2) is 10.7 Å². The van der Waals surface area contributed by atoms with Crippen LogP contribution in [0.25, 0.3) is 0 Å². The highest BCUT2D eigenvalue weighted by molar-refractivity contribution is 7.99. The van der Waals surface area contributed by atoms with Gasteiger partial charge in [0.25, 0.3) is 0 Å². The van der Waals surface area contributed by atoms with Crippen molar-refractivity contribution in [2.75, 3.05) is 11.5 Å². The summed E-state index contributed by atoms with van der Waals surface area (Å²) in [7, 11) is 0. The van der Waals surface area contributed by atoms with Gasteiger partial charge in [0, 0.05) is 40.3 Å². The van der Waals surface area contributed by atoms with E-state index >= 15 is 0 Å².